The minimum atomic E-state index is -0.614. The highest BCUT2D eigenvalue weighted by Crippen LogP contribution is 2.24. The summed E-state index contributed by atoms with van der Waals surface area (Å²) in [6.07, 6.45) is -0.340. The van der Waals surface area contributed by atoms with E-state index in [1.165, 1.54) is 7.11 Å². The fourth-order valence-electron chi connectivity index (χ4n) is 2.84. The maximum atomic E-state index is 12.2. The van der Waals surface area contributed by atoms with Crippen LogP contribution in [0.4, 0.5) is 4.79 Å². The SMILES string of the molecule is COC(=O)[C@H]1CC[C@H]([C@H](COCc2ccccc2)NC(=O)OC(C)(C)C)O1. The van der Waals surface area contributed by atoms with Crippen LogP contribution in [-0.4, -0.2) is 49.6 Å². The Balaban J connectivity index is 1.95. The van der Waals surface area contributed by atoms with Crippen molar-refractivity contribution >= 4 is 12.1 Å². The third-order valence-electron chi connectivity index (χ3n) is 4.08. The highest BCUT2D eigenvalue weighted by molar-refractivity contribution is 5.74. The normalized spacial score (nSPS) is 20.7. The molecule has 3 atom stereocenters. The van der Waals surface area contributed by atoms with Gasteiger partial charge in [-0.3, -0.25) is 0 Å². The van der Waals surface area contributed by atoms with Crippen LogP contribution in [0.25, 0.3) is 0 Å². The number of amides is 1. The van der Waals surface area contributed by atoms with Gasteiger partial charge in [-0.05, 0) is 39.2 Å². The predicted molar refractivity (Wildman–Crippen MR) is 99.2 cm³/mol. The second-order valence-corrected chi connectivity index (χ2v) is 7.52. The highest BCUT2D eigenvalue weighted by atomic mass is 16.6. The summed E-state index contributed by atoms with van der Waals surface area (Å²) in [5.74, 6) is -0.404. The lowest BCUT2D eigenvalue weighted by atomic mass is 10.1. The van der Waals surface area contributed by atoms with E-state index in [2.05, 4.69) is 5.32 Å². The largest absolute Gasteiger partial charge is 0.467 e. The molecule has 2 rings (SSSR count). The summed E-state index contributed by atoms with van der Waals surface area (Å²) >= 11 is 0. The molecule has 0 aliphatic carbocycles. The van der Waals surface area contributed by atoms with E-state index in [1.807, 2.05) is 30.3 Å². The quantitative estimate of drug-likeness (QED) is 0.734. The van der Waals surface area contributed by atoms with E-state index in [-0.39, 0.29) is 12.7 Å². The van der Waals surface area contributed by atoms with Crippen molar-refractivity contribution < 1.29 is 28.5 Å². The van der Waals surface area contributed by atoms with Crippen molar-refractivity contribution in [2.75, 3.05) is 13.7 Å². The molecule has 0 radical (unpaired) electrons. The van der Waals surface area contributed by atoms with E-state index in [4.69, 9.17) is 18.9 Å². The summed E-state index contributed by atoms with van der Waals surface area (Å²) in [6, 6.07) is 9.33. The topological polar surface area (TPSA) is 83.1 Å². The van der Waals surface area contributed by atoms with Gasteiger partial charge >= 0.3 is 12.1 Å². The molecule has 1 aliphatic rings. The van der Waals surface area contributed by atoms with Crippen molar-refractivity contribution in [2.24, 2.45) is 0 Å². The Hall–Kier alpha value is -2.12. The first-order valence-electron chi connectivity index (χ1n) is 9.13. The van der Waals surface area contributed by atoms with Gasteiger partial charge in [-0.25, -0.2) is 9.59 Å². The van der Waals surface area contributed by atoms with Crippen LogP contribution in [0.5, 0.6) is 0 Å². The molecule has 1 aromatic carbocycles. The van der Waals surface area contributed by atoms with Gasteiger partial charge in [0.2, 0.25) is 0 Å². The van der Waals surface area contributed by atoms with Gasteiger partial charge in [0.25, 0.3) is 0 Å². The molecule has 7 nitrogen and oxygen atoms in total. The van der Waals surface area contributed by atoms with E-state index in [9.17, 15) is 9.59 Å². The fraction of sp³-hybridized carbons (Fsp3) is 0.600. The zero-order chi connectivity index (χ0) is 19.9. The molecule has 0 saturated carbocycles. The van der Waals surface area contributed by atoms with E-state index < -0.39 is 29.8 Å². The molecular weight excluding hydrogens is 350 g/mol. The maximum Gasteiger partial charge on any atom is 0.408 e. The third kappa shape index (κ3) is 7.19. The van der Waals surface area contributed by atoms with Gasteiger partial charge in [0.15, 0.2) is 6.10 Å². The molecule has 27 heavy (non-hydrogen) atoms. The molecule has 1 heterocycles. The van der Waals surface area contributed by atoms with Crippen LogP contribution < -0.4 is 5.32 Å². The number of carbonyl (C=O) groups is 2. The standard InChI is InChI=1S/C20H29NO6/c1-20(2,3)27-19(23)21-15(13-25-12-14-8-6-5-7-9-14)16-10-11-17(26-16)18(22)24-4/h5-9,15-17H,10-13H2,1-4H3,(H,21,23)/t15-,16+,17+/m0/s1. The molecule has 1 N–H and O–H groups in total. The van der Waals surface area contributed by atoms with Crippen molar-refractivity contribution in [3.8, 4) is 0 Å². The van der Waals surface area contributed by atoms with Gasteiger partial charge in [-0.2, -0.15) is 0 Å². The van der Waals surface area contributed by atoms with Crippen molar-refractivity contribution in [2.45, 2.75) is 64.1 Å². The van der Waals surface area contributed by atoms with Crippen LogP contribution in [0.3, 0.4) is 0 Å². The first-order chi connectivity index (χ1) is 12.8. The molecule has 1 aromatic rings. The van der Waals surface area contributed by atoms with Gasteiger partial charge < -0.3 is 24.3 Å². The molecule has 0 aromatic heterocycles. The zero-order valence-electron chi connectivity index (χ0n) is 16.4. The number of ether oxygens (including phenoxy) is 4. The number of methoxy groups -OCH3 is 1. The monoisotopic (exact) mass is 379 g/mol. The second kappa shape index (κ2) is 9.71. The number of alkyl carbamates (subject to hydrolysis) is 1. The third-order valence-corrected chi connectivity index (χ3v) is 4.08. The lowest BCUT2D eigenvalue weighted by Crippen LogP contribution is -2.48. The lowest BCUT2D eigenvalue weighted by Gasteiger charge is -2.27. The summed E-state index contributed by atoms with van der Waals surface area (Å²) in [6.45, 7) is 6.06. The Morgan fingerprint density at radius 2 is 1.93 bits per heavy atom. The molecule has 1 aliphatic heterocycles. The molecule has 7 heteroatoms. The van der Waals surface area contributed by atoms with Crippen molar-refractivity contribution in [1.82, 2.24) is 5.32 Å². The molecule has 1 saturated heterocycles. The summed E-state index contributed by atoms with van der Waals surface area (Å²) in [7, 11) is 1.33. The van der Waals surface area contributed by atoms with Crippen LogP contribution in [0.15, 0.2) is 30.3 Å². The number of esters is 1. The number of nitrogens with one attached hydrogen (secondary N) is 1. The van der Waals surface area contributed by atoms with Crippen LogP contribution >= 0.6 is 0 Å². The van der Waals surface area contributed by atoms with E-state index in [0.29, 0.717) is 19.4 Å². The Kier molecular flexibility index (Phi) is 7.62. The number of rotatable bonds is 7. The van der Waals surface area contributed by atoms with Crippen molar-refractivity contribution in [1.29, 1.82) is 0 Å². The average Bonchev–Trinajstić information content (AvgIpc) is 3.09. The summed E-state index contributed by atoms with van der Waals surface area (Å²) < 4.78 is 21.6. The fourth-order valence-corrected chi connectivity index (χ4v) is 2.84. The average molecular weight is 379 g/mol. The molecule has 150 valence electrons. The van der Waals surface area contributed by atoms with Crippen LogP contribution in [0.1, 0.15) is 39.2 Å². The molecule has 0 bridgehead atoms. The molecule has 0 spiro atoms. The van der Waals surface area contributed by atoms with Gasteiger partial charge in [-0.15, -0.1) is 0 Å². The van der Waals surface area contributed by atoms with Gasteiger partial charge in [-0.1, -0.05) is 30.3 Å². The molecule has 1 amide bonds. The lowest BCUT2D eigenvalue weighted by molar-refractivity contribution is -0.154. The van der Waals surface area contributed by atoms with Crippen LogP contribution in [-0.2, 0) is 30.3 Å². The Bertz CT molecular complexity index is 613. The van der Waals surface area contributed by atoms with Gasteiger partial charge in [0.1, 0.15) is 5.60 Å². The second-order valence-electron chi connectivity index (χ2n) is 7.52. The van der Waals surface area contributed by atoms with Crippen LogP contribution in [0.2, 0.25) is 0 Å². The number of hydrogen-bond acceptors (Lipinski definition) is 6. The Morgan fingerprint density at radius 1 is 1.22 bits per heavy atom. The summed E-state index contributed by atoms with van der Waals surface area (Å²) in [5, 5.41) is 2.82. The predicted octanol–water partition coefficient (Wildman–Crippen LogP) is 2.82. The van der Waals surface area contributed by atoms with E-state index >= 15 is 0 Å². The molecule has 0 unspecified atom stereocenters. The summed E-state index contributed by atoms with van der Waals surface area (Å²) in [4.78, 5) is 23.9. The van der Waals surface area contributed by atoms with Crippen LogP contribution in [0, 0.1) is 0 Å². The number of benzene rings is 1. The Labute approximate surface area is 160 Å². The van der Waals surface area contributed by atoms with Crippen molar-refractivity contribution in [3.63, 3.8) is 0 Å². The van der Waals surface area contributed by atoms with E-state index in [0.717, 1.165) is 5.56 Å². The smallest absolute Gasteiger partial charge is 0.408 e. The van der Waals surface area contributed by atoms with Gasteiger partial charge in [0, 0.05) is 0 Å². The highest BCUT2D eigenvalue weighted by Gasteiger charge is 2.37. The zero-order valence-corrected chi connectivity index (χ0v) is 16.4. The van der Waals surface area contributed by atoms with Gasteiger partial charge in [0.05, 0.1) is 32.5 Å². The maximum absolute atomic E-state index is 12.2. The first-order valence-corrected chi connectivity index (χ1v) is 9.13. The Morgan fingerprint density at radius 3 is 2.56 bits per heavy atom. The minimum Gasteiger partial charge on any atom is -0.467 e. The first kappa shape index (κ1) is 21.2. The van der Waals surface area contributed by atoms with Crippen molar-refractivity contribution in [3.05, 3.63) is 35.9 Å². The number of carbonyl (C=O) groups excluding carboxylic acids is 2. The molecule has 1 fully saturated rings. The summed E-state index contributed by atoms with van der Waals surface area (Å²) in [5.41, 5.74) is 0.429. The molecular formula is C20H29NO6. The number of hydrogen-bond donors (Lipinski definition) is 1. The minimum absolute atomic E-state index is 0.243. The van der Waals surface area contributed by atoms with E-state index in [1.54, 1.807) is 20.8 Å².